The van der Waals surface area contributed by atoms with Crippen LogP contribution in [-0.2, 0) is 14.4 Å². The number of ketones is 1. The highest BCUT2D eigenvalue weighted by Gasteiger charge is 2.04. The van der Waals surface area contributed by atoms with E-state index in [1.54, 1.807) is 30.3 Å². The molecule has 1 aromatic rings. The van der Waals surface area contributed by atoms with Crippen LogP contribution >= 0.6 is 0 Å². The number of rotatable bonds is 5. The summed E-state index contributed by atoms with van der Waals surface area (Å²) < 4.78 is 0. The second-order valence-electron chi connectivity index (χ2n) is 3.54. The van der Waals surface area contributed by atoms with Gasteiger partial charge in [-0.15, -0.1) is 0 Å². The Balaban J connectivity index is 2.62. The predicted molar refractivity (Wildman–Crippen MR) is 65.5 cm³/mol. The number of carbonyl (C=O) groups is 3. The molecule has 0 spiro atoms. The molecule has 1 aromatic carbocycles. The molecule has 0 atom stereocenters. The van der Waals surface area contributed by atoms with E-state index in [9.17, 15) is 14.4 Å². The van der Waals surface area contributed by atoms with Crippen LogP contribution in [0.5, 0.6) is 0 Å². The largest absolute Gasteiger partial charge is 0.326 e. The van der Waals surface area contributed by atoms with Crippen molar-refractivity contribution in [2.24, 2.45) is 0 Å². The van der Waals surface area contributed by atoms with Crippen molar-refractivity contribution in [1.82, 2.24) is 0 Å². The van der Waals surface area contributed by atoms with Crippen molar-refractivity contribution in [2.75, 3.05) is 5.32 Å². The number of anilines is 1. The van der Waals surface area contributed by atoms with E-state index in [-0.39, 0.29) is 18.1 Å². The lowest BCUT2D eigenvalue weighted by atomic mass is 10.2. The smallest absolute Gasteiger partial charge is 0.231 e. The Hall–Kier alpha value is -2.23. The highest BCUT2D eigenvalue weighted by Crippen LogP contribution is 2.10. The molecular weight excluding hydrogens is 218 g/mol. The Morgan fingerprint density at radius 2 is 1.88 bits per heavy atom. The first-order valence-electron chi connectivity index (χ1n) is 5.13. The SMILES string of the molecule is CC(=O)CC(=O)Nc1ccc(C=CC=O)cc1. The molecule has 1 N–H and O–H groups in total. The molecule has 0 fully saturated rings. The van der Waals surface area contributed by atoms with Gasteiger partial charge in [0.1, 0.15) is 12.1 Å². The molecule has 0 aromatic heterocycles. The molecule has 0 aliphatic heterocycles. The van der Waals surface area contributed by atoms with Crippen molar-refractivity contribution in [3.05, 3.63) is 35.9 Å². The van der Waals surface area contributed by atoms with Crippen LogP contribution < -0.4 is 5.32 Å². The summed E-state index contributed by atoms with van der Waals surface area (Å²) in [5.74, 6) is -0.498. The number of hydrogen-bond acceptors (Lipinski definition) is 3. The molecule has 0 bridgehead atoms. The number of aldehydes is 1. The van der Waals surface area contributed by atoms with Gasteiger partial charge in [-0.3, -0.25) is 14.4 Å². The van der Waals surface area contributed by atoms with E-state index < -0.39 is 0 Å². The van der Waals surface area contributed by atoms with Gasteiger partial charge in [0.15, 0.2) is 0 Å². The zero-order chi connectivity index (χ0) is 12.7. The van der Waals surface area contributed by atoms with Crippen LogP contribution in [0.3, 0.4) is 0 Å². The van der Waals surface area contributed by atoms with Crippen molar-refractivity contribution in [1.29, 1.82) is 0 Å². The van der Waals surface area contributed by atoms with Gasteiger partial charge >= 0.3 is 0 Å². The van der Waals surface area contributed by atoms with Crippen LogP contribution in [0.1, 0.15) is 18.9 Å². The van der Waals surface area contributed by atoms with Crippen LogP contribution in [-0.4, -0.2) is 18.0 Å². The normalized spacial score (nSPS) is 10.2. The Bertz CT molecular complexity index is 446. The van der Waals surface area contributed by atoms with E-state index in [1.807, 2.05) is 0 Å². The summed E-state index contributed by atoms with van der Waals surface area (Å²) >= 11 is 0. The molecule has 0 saturated heterocycles. The van der Waals surface area contributed by atoms with Gasteiger partial charge in [-0.1, -0.05) is 18.2 Å². The number of hydrogen-bond donors (Lipinski definition) is 1. The first-order chi connectivity index (χ1) is 8.11. The minimum Gasteiger partial charge on any atom is -0.326 e. The second-order valence-corrected chi connectivity index (χ2v) is 3.54. The van der Waals surface area contributed by atoms with Gasteiger partial charge < -0.3 is 5.32 Å². The van der Waals surface area contributed by atoms with Crippen LogP contribution in [0.25, 0.3) is 6.08 Å². The van der Waals surface area contributed by atoms with Crippen LogP contribution in [0.4, 0.5) is 5.69 Å². The van der Waals surface area contributed by atoms with E-state index in [4.69, 9.17) is 0 Å². The maximum Gasteiger partial charge on any atom is 0.231 e. The standard InChI is InChI=1S/C13H13NO3/c1-10(16)9-13(17)14-12-6-4-11(5-7-12)3-2-8-15/h2-8H,9H2,1H3,(H,14,17). The lowest BCUT2D eigenvalue weighted by Gasteiger charge is -2.03. The summed E-state index contributed by atoms with van der Waals surface area (Å²) in [7, 11) is 0. The minimum absolute atomic E-state index is 0.118. The Morgan fingerprint density at radius 3 is 2.41 bits per heavy atom. The fourth-order valence-electron chi connectivity index (χ4n) is 1.26. The van der Waals surface area contributed by atoms with Crippen LogP contribution in [0.2, 0.25) is 0 Å². The van der Waals surface area contributed by atoms with E-state index in [0.717, 1.165) is 5.56 Å². The minimum atomic E-state index is -0.325. The predicted octanol–water partition coefficient (Wildman–Crippen LogP) is 1.82. The summed E-state index contributed by atoms with van der Waals surface area (Å²) in [6, 6.07) is 6.96. The Labute approximate surface area is 99.3 Å². The highest BCUT2D eigenvalue weighted by atomic mass is 16.2. The monoisotopic (exact) mass is 231 g/mol. The lowest BCUT2D eigenvalue weighted by Crippen LogP contribution is -2.14. The number of benzene rings is 1. The summed E-state index contributed by atoms with van der Waals surface area (Å²) in [6.45, 7) is 1.37. The van der Waals surface area contributed by atoms with Gasteiger partial charge in [-0.2, -0.15) is 0 Å². The fraction of sp³-hybridized carbons (Fsp3) is 0.154. The third-order valence-electron chi connectivity index (χ3n) is 1.97. The van der Waals surface area contributed by atoms with Gasteiger partial charge in [-0.05, 0) is 30.7 Å². The van der Waals surface area contributed by atoms with E-state index in [1.165, 1.54) is 13.0 Å². The Morgan fingerprint density at radius 1 is 1.24 bits per heavy atom. The number of carbonyl (C=O) groups excluding carboxylic acids is 3. The highest BCUT2D eigenvalue weighted by molar-refractivity contribution is 6.03. The molecule has 0 unspecified atom stereocenters. The third-order valence-corrected chi connectivity index (χ3v) is 1.97. The number of Topliss-reactive ketones (excluding diaryl/α,β-unsaturated/α-hetero) is 1. The molecule has 88 valence electrons. The summed E-state index contributed by atoms with van der Waals surface area (Å²) in [5, 5.41) is 2.60. The molecule has 4 nitrogen and oxygen atoms in total. The molecule has 4 heteroatoms. The quantitative estimate of drug-likeness (QED) is 0.477. The van der Waals surface area contributed by atoms with Gasteiger partial charge in [0.2, 0.25) is 5.91 Å². The third kappa shape index (κ3) is 4.88. The molecule has 17 heavy (non-hydrogen) atoms. The second kappa shape index (κ2) is 6.37. The van der Waals surface area contributed by atoms with Crippen molar-refractivity contribution < 1.29 is 14.4 Å². The van der Waals surface area contributed by atoms with E-state index in [0.29, 0.717) is 12.0 Å². The summed E-state index contributed by atoms with van der Waals surface area (Å²) in [4.78, 5) is 32.1. The number of allylic oxidation sites excluding steroid dienone is 1. The van der Waals surface area contributed by atoms with Gasteiger partial charge in [0.05, 0.1) is 6.42 Å². The maximum atomic E-state index is 11.3. The molecule has 0 heterocycles. The molecule has 1 rings (SSSR count). The molecule has 0 saturated carbocycles. The zero-order valence-electron chi connectivity index (χ0n) is 9.47. The van der Waals surface area contributed by atoms with Gasteiger partial charge in [-0.25, -0.2) is 0 Å². The van der Waals surface area contributed by atoms with Crippen molar-refractivity contribution in [3.8, 4) is 0 Å². The first-order valence-corrected chi connectivity index (χ1v) is 5.13. The van der Waals surface area contributed by atoms with Crippen LogP contribution in [0.15, 0.2) is 30.3 Å². The number of nitrogens with one attached hydrogen (secondary N) is 1. The van der Waals surface area contributed by atoms with E-state index >= 15 is 0 Å². The molecule has 1 amide bonds. The average molecular weight is 231 g/mol. The Kier molecular flexibility index (Phi) is 4.81. The first kappa shape index (κ1) is 12.8. The fourth-order valence-corrected chi connectivity index (χ4v) is 1.26. The molecular formula is C13H13NO3. The van der Waals surface area contributed by atoms with Gasteiger partial charge in [0, 0.05) is 5.69 Å². The summed E-state index contributed by atoms with van der Waals surface area (Å²) in [5.41, 5.74) is 1.49. The maximum absolute atomic E-state index is 11.3. The van der Waals surface area contributed by atoms with Crippen LogP contribution in [0, 0.1) is 0 Å². The molecule has 0 aliphatic rings. The zero-order valence-corrected chi connectivity index (χ0v) is 9.47. The topological polar surface area (TPSA) is 63.2 Å². The lowest BCUT2D eigenvalue weighted by molar-refractivity contribution is -0.124. The van der Waals surface area contributed by atoms with Crippen molar-refractivity contribution in [2.45, 2.75) is 13.3 Å². The summed E-state index contributed by atoms with van der Waals surface area (Å²) in [6.07, 6.45) is 3.63. The number of amides is 1. The molecule has 0 aliphatic carbocycles. The van der Waals surface area contributed by atoms with E-state index in [2.05, 4.69) is 5.32 Å². The van der Waals surface area contributed by atoms with Crippen molar-refractivity contribution >= 4 is 29.7 Å². The van der Waals surface area contributed by atoms with Crippen molar-refractivity contribution in [3.63, 3.8) is 0 Å². The van der Waals surface area contributed by atoms with Gasteiger partial charge in [0.25, 0.3) is 0 Å². The average Bonchev–Trinajstić information content (AvgIpc) is 2.27. The molecule has 0 radical (unpaired) electrons.